The first-order valence-electron chi connectivity index (χ1n) is 5.58. The molecule has 0 saturated carbocycles. The van der Waals surface area contributed by atoms with E-state index in [9.17, 15) is 9.90 Å². The molecule has 0 saturated heterocycles. The summed E-state index contributed by atoms with van der Waals surface area (Å²) in [6, 6.07) is 5.51. The predicted molar refractivity (Wildman–Crippen MR) is 64.4 cm³/mol. The molecule has 1 amide bonds. The van der Waals surface area contributed by atoms with Crippen LogP contribution in [0.5, 0.6) is 0 Å². The van der Waals surface area contributed by atoms with Gasteiger partial charge in [-0.15, -0.1) is 0 Å². The van der Waals surface area contributed by atoms with Gasteiger partial charge in [-0.1, -0.05) is 12.1 Å². The summed E-state index contributed by atoms with van der Waals surface area (Å²) < 4.78 is 5.63. The molecule has 0 aliphatic carbocycles. The summed E-state index contributed by atoms with van der Waals surface area (Å²) in [4.78, 5) is 11.2. The van der Waals surface area contributed by atoms with Crippen LogP contribution in [0.15, 0.2) is 18.2 Å². The summed E-state index contributed by atoms with van der Waals surface area (Å²) in [6.07, 6.45) is 0. The van der Waals surface area contributed by atoms with Crippen molar-refractivity contribution in [2.45, 2.75) is 39.1 Å². The zero-order chi connectivity index (χ0) is 12.8. The summed E-state index contributed by atoms with van der Waals surface area (Å²) in [5.74, 6) is -1.54. The Balaban J connectivity index is 2.61. The van der Waals surface area contributed by atoms with Gasteiger partial charge in [-0.2, -0.15) is 0 Å². The molecule has 1 aromatic carbocycles. The van der Waals surface area contributed by atoms with E-state index in [1.54, 1.807) is 13.0 Å². The zero-order valence-electron chi connectivity index (χ0n) is 10.5. The molecule has 1 aliphatic rings. The minimum Gasteiger partial charge on any atom is -0.362 e. The van der Waals surface area contributed by atoms with Crippen LogP contribution < -0.4 is 5.32 Å². The van der Waals surface area contributed by atoms with Gasteiger partial charge >= 0.3 is 0 Å². The Labute approximate surface area is 101 Å². The number of hydrogen-bond acceptors (Lipinski definition) is 3. The smallest absolute Gasteiger partial charge is 0.221 e. The molecule has 0 bridgehead atoms. The zero-order valence-corrected chi connectivity index (χ0v) is 10.5. The lowest BCUT2D eigenvalue weighted by Gasteiger charge is -2.23. The lowest BCUT2D eigenvalue weighted by molar-refractivity contribution is -0.237. The molecule has 0 aromatic heterocycles. The highest BCUT2D eigenvalue weighted by atomic mass is 16.6. The number of carbonyl (C=O) groups excluding carboxylic acids is 1. The SMILES string of the molecule is CC(=O)Nc1cccc2c1C(C)(O)OC2(C)C. The Bertz CT molecular complexity index is 478. The molecule has 1 heterocycles. The Morgan fingerprint density at radius 3 is 2.59 bits per heavy atom. The first kappa shape index (κ1) is 12.1. The van der Waals surface area contributed by atoms with Gasteiger partial charge in [-0.05, 0) is 32.4 Å². The molecule has 1 aliphatic heterocycles. The maximum atomic E-state index is 11.2. The van der Waals surface area contributed by atoms with Gasteiger partial charge < -0.3 is 15.2 Å². The molecule has 17 heavy (non-hydrogen) atoms. The van der Waals surface area contributed by atoms with Crippen LogP contribution in [-0.2, 0) is 20.9 Å². The molecule has 2 rings (SSSR count). The molecular weight excluding hydrogens is 218 g/mol. The fourth-order valence-corrected chi connectivity index (χ4v) is 2.45. The van der Waals surface area contributed by atoms with Gasteiger partial charge in [0.2, 0.25) is 5.91 Å². The number of aliphatic hydroxyl groups is 1. The van der Waals surface area contributed by atoms with E-state index in [-0.39, 0.29) is 5.91 Å². The second-order valence-electron chi connectivity index (χ2n) is 5.00. The van der Waals surface area contributed by atoms with Gasteiger partial charge in [0, 0.05) is 18.2 Å². The number of amides is 1. The summed E-state index contributed by atoms with van der Waals surface area (Å²) >= 11 is 0. The van der Waals surface area contributed by atoms with Crippen LogP contribution in [0.3, 0.4) is 0 Å². The average molecular weight is 235 g/mol. The third kappa shape index (κ3) is 1.94. The van der Waals surface area contributed by atoms with Crippen LogP contribution in [0.4, 0.5) is 5.69 Å². The van der Waals surface area contributed by atoms with Crippen LogP contribution in [0.1, 0.15) is 38.8 Å². The van der Waals surface area contributed by atoms with E-state index in [2.05, 4.69) is 5.32 Å². The van der Waals surface area contributed by atoms with Crippen molar-refractivity contribution in [2.24, 2.45) is 0 Å². The standard InChI is InChI=1S/C13H17NO3/c1-8(15)14-10-7-5-6-9-11(10)13(4,16)17-12(9,2)3/h5-7,16H,1-4H3,(H,14,15). The van der Waals surface area contributed by atoms with Gasteiger partial charge in [0.1, 0.15) is 0 Å². The van der Waals surface area contributed by atoms with Crippen molar-refractivity contribution < 1.29 is 14.6 Å². The summed E-state index contributed by atoms with van der Waals surface area (Å²) in [7, 11) is 0. The second kappa shape index (κ2) is 3.55. The second-order valence-corrected chi connectivity index (χ2v) is 5.00. The van der Waals surface area contributed by atoms with E-state index in [1.807, 2.05) is 26.0 Å². The highest BCUT2D eigenvalue weighted by molar-refractivity contribution is 5.90. The lowest BCUT2D eigenvalue weighted by atomic mass is 9.92. The van der Waals surface area contributed by atoms with E-state index >= 15 is 0 Å². The molecule has 1 aromatic rings. The molecule has 4 nitrogen and oxygen atoms in total. The van der Waals surface area contributed by atoms with Crippen molar-refractivity contribution in [3.8, 4) is 0 Å². The normalized spacial score (nSPS) is 25.5. The van der Waals surface area contributed by atoms with Crippen molar-refractivity contribution in [2.75, 3.05) is 5.32 Å². The minimum atomic E-state index is -1.38. The largest absolute Gasteiger partial charge is 0.362 e. The highest BCUT2D eigenvalue weighted by Crippen LogP contribution is 2.48. The van der Waals surface area contributed by atoms with Crippen LogP contribution >= 0.6 is 0 Å². The molecule has 0 fully saturated rings. The van der Waals surface area contributed by atoms with Gasteiger partial charge in [0.25, 0.3) is 0 Å². The molecular formula is C13H17NO3. The molecule has 2 N–H and O–H groups in total. The number of carbonyl (C=O) groups is 1. The molecule has 4 heteroatoms. The number of benzene rings is 1. The van der Waals surface area contributed by atoms with Crippen molar-refractivity contribution in [1.82, 2.24) is 0 Å². The van der Waals surface area contributed by atoms with Crippen LogP contribution in [0, 0.1) is 0 Å². The average Bonchev–Trinajstić information content (AvgIpc) is 2.32. The molecule has 0 radical (unpaired) electrons. The monoisotopic (exact) mass is 235 g/mol. The summed E-state index contributed by atoms with van der Waals surface area (Å²) in [6.45, 7) is 6.82. The van der Waals surface area contributed by atoms with Gasteiger partial charge in [0.05, 0.1) is 5.60 Å². The molecule has 1 atom stereocenters. The van der Waals surface area contributed by atoms with Crippen LogP contribution in [0.25, 0.3) is 0 Å². The number of nitrogens with one attached hydrogen (secondary N) is 1. The van der Waals surface area contributed by atoms with Crippen molar-refractivity contribution in [1.29, 1.82) is 0 Å². The van der Waals surface area contributed by atoms with E-state index in [0.717, 1.165) is 5.56 Å². The van der Waals surface area contributed by atoms with Crippen molar-refractivity contribution in [3.05, 3.63) is 29.3 Å². The van der Waals surface area contributed by atoms with Crippen LogP contribution in [0.2, 0.25) is 0 Å². The molecule has 0 spiro atoms. The fraction of sp³-hybridized carbons (Fsp3) is 0.462. The number of ether oxygens (including phenoxy) is 1. The first-order chi connectivity index (χ1) is 7.74. The van der Waals surface area contributed by atoms with Gasteiger partial charge in [-0.25, -0.2) is 0 Å². The maximum Gasteiger partial charge on any atom is 0.221 e. The Kier molecular flexibility index (Phi) is 2.52. The van der Waals surface area contributed by atoms with Gasteiger partial charge in [0.15, 0.2) is 5.79 Å². The summed E-state index contributed by atoms with van der Waals surface area (Å²) in [5, 5.41) is 13.0. The van der Waals surface area contributed by atoms with Crippen LogP contribution in [-0.4, -0.2) is 11.0 Å². The minimum absolute atomic E-state index is 0.168. The maximum absolute atomic E-state index is 11.2. The number of hydrogen-bond donors (Lipinski definition) is 2. The third-order valence-corrected chi connectivity index (χ3v) is 2.94. The lowest BCUT2D eigenvalue weighted by Crippen LogP contribution is -2.25. The fourth-order valence-electron chi connectivity index (χ4n) is 2.45. The third-order valence-electron chi connectivity index (χ3n) is 2.94. The Morgan fingerprint density at radius 2 is 2.00 bits per heavy atom. The van der Waals surface area contributed by atoms with E-state index < -0.39 is 11.4 Å². The molecule has 1 unspecified atom stereocenters. The summed E-state index contributed by atoms with van der Waals surface area (Å²) in [5.41, 5.74) is 1.58. The quantitative estimate of drug-likeness (QED) is 0.783. The first-order valence-corrected chi connectivity index (χ1v) is 5.58. The number of anilines is 1. The van der Waals surface area contributed by atoms with Gasteiger partial charge in [-0.3, -0.25) is 4.79 Å². The number of rotatable bonds is 1. The topological polar surface area (TPSA) is 58.6 Å². The Hall–Kier alpha value is -1.39. The van der Waals surface area contributed by atoms with E-state index in [0.29, 0.717) is 11.3 Å². The van der Waals surface area contributed by atoms with Crippen molar-refractivity contribution >= 4 is 11.6 Å². The Morgan fingerprint density at radius 1 is 1.35 bits per heavy atom. The highest BCUT2D eigenvalue weighted by Gasteiger charge is 2.46. The van der Waals surface area contributed by atoms with Crippen molar-refractivity contribution in [3.63, 3.8) is 0 Å². The number of fused-ring (bicyclic) bond motifs is 1. The molecule has 92 valence electrons. The van der Waals surface area contributed by atoms with E-state index in [1.165, 1.54) is 6.92 Å². The predicted octanol–water partition coefficient (Wildman–Crippen LogP) is 2.08. The van der Waals surface area contributed by atoms with E-state index in [4.69, 9.17) is 4.74 Å².